The number of pyridine rings is 1. The lowest BCUT2D eigenvalue weighted by molar-refractivity contribution is -0.136. The average molecular weight is 619 g/mol. The first-order valence-electron chi connectivity index (χ1n) is 15.6. The first-order chi connectivity index (χ1) is 21.9. The zero-order valence-corrected chi connectivity index (χ0v) is 26.7. The van der Waals surface area contributed by atoms with Crippen LogP contribution in [0.15, 0.2) is 65.9 Å². The topological polar surface area (TPSA) is 111 Å². The number of nitrogens with zero attached hydrogens (tertiary/aromatic N) is 1. The summed E-state index contributed by atoms with van der Waals surface area (Å²) in [6, 6.07) is 8.96. The molecule has 3 aromatic rings. The summed E-state index contributed by atoms with van der Waals surface area (Å²) in [5, 5.41) is 9.21. The van der Waals surface area contributed by atoms with E-state index in [1.54, 1.807) is 31.5 Å². The number of allylic oxidation sites excluding steroid dienone is 2. The maximum Gasteiger partial charge on any atom is 0.313 e. The summed E-state index contributed by atoms with van der Waals surface area (Å²) < 4.78 is 32.8. The molecule has 45 heavy (non-hydrogen) atoms. The van der Waals surface area contributed by atoms with Crippen LogP contribution in [0.4, 0.5) is 10.1 Å². The van der Waals surface area contributed by atoms with Crippen molar-refractivity contribution in [2.45, 2.75) is 59.4 Å². The van der Waals surface area contributed by atoms with Crippen molar-refractivity contribution in [2.75, 3.05) is 32.1 Å². The van der Waals surface area contributed by atoms with Gasteiger partial charge in [0.05, 0.1) is 25.3 Å². The van der Waals surface area contributed by atoms with E-state index in [1.807, 2.05) is 39.8 Å². The largest absolute Gasteiger partial charge is 0.493 e. The maximum atomic E-state index is 15.1. The van der Waals surface area contributed by atoms with Crippen LogP contribution in [0.1, 0.15) is 53.4 Å². The fourth-order valence-electron chi connectivity index (χ4n) is 5.48. The molecule has 3 N–H and O–H groups in total. The molecule has 1 aromatic heterocycles. The summed E-state index contributed by atoms with van der Waals surface area (Å²) in [7, 11) is 1.56. The van der Waals surface area contributed by atoms with Crippen LogP contribution in [-0.4, -0.2) is 49.6 Å². The predicted octanol–water partition coefficient (Wildman–Crippen LogP) is 6.69. The lowest BCUT2D eigenvalue weighted by atomic mass is 9.99. The van der Waals surface area contributed by atoms with Crippen LogP contribution in [-0.2, 0) is 9.59 Å². The second-order valence-electron chi connectivity index (χ2n) is 10.8. The molecule has 0 spiro atoms. The van der Waals surface area contributed by atoms with E-state index >= 15 is 4.39 Å². The first-order valence-corrected chi connectivity index (χ1v) is 15.6. The Morgan fingerprint density at radius 2 is 1.80 bits per heavy atom. The van der Waals surface area contributed by atoms with E-state index in [9.17, 15) is 9.59 Å². The third kappa shape index (κ3) is 8.39. The van der Waals surface area contributed by atoms with Gasteiger partial charge in [0.15, 0.2) is 23.1 Å². The Morgan fingerprint density at radius 3 is 2.51 bits per heavy atom. The minimum Gasteiger partial charge on any atom is -0.493 e. The van der Waals surface area contributed by atoms with Gasteiger partial charge in [0.25, 0.3) is 0 Å². The van der Waals surface area contributed by atoms with Gasteiger partial charge in [-0.1, -0.05) is 31.6 Å². The molecule has 10 heteroatoms. The number of aromatic nitrogens is 1. The second kappa shape index (κ2) is 16.0. The molecule has 1 saturated heterocycles. The lowest BCUT2D eigenvalue weighted by Crippen LogP contribution is -2.41. The number of piperidine rings is 1. The van der Waals surface area contributed by atoms with Crippen molar-refractivity contribution in [1.82, 2.24) is 15.6 Å². The summed E-state index contributed by atoms with van der Waals surface area (Å²) >= 11 is 0. The van der Waals surface area contributed by atoms with E-state index in [-0.39, 0.29) is 17.5 Å². The number of ether oxygens (including phenoxy) is 3. The number of anilines is 1. The third-order valence-electron chi connectivity index (χ3n) is 7.86. The molecule has 2 heterocycles. The van der Waals surface area contributed by atoms with Gasteiger partial charge in [-0.2, -0.15) is 0 Å². The Bertz CT molecular complexity index is 1570. The molecule has 2 aliphatic rings. The van der Waals surface area contributed by atoms with Crippen molar-refractivity contribution in [3.8, 4) is 23.0 Å². The van der Waals surface area contributed by atoms with Crippen LogP contribution in [0.25, 0.3) is 10.9 Å². The maximum absolute atomic E-state index is 15.1. The highest BCUT2D eigenvalue weighted by Gasteiger charge is 2.26. The Kier molecular flexibility index (Phi) is 11.9. The highest BCUT2D eigenvalue weighted by molar-refractivity contribution is 6.39. The normalized spacial score (nSPS) is 16.7. The summed E-state index contributed by atoms with van der Waals surface area (Å²) in [5.74, 6) is -0.451. The second-order valence-corrected chi connectivity index (χ2v) is 10.8. The Hall–Kier alpha value is -4.44. The number of methoxy groups -OCH3 is 1. The van der Waals surface area contributed by atoms with Crippen LogP contribution in [0.2, 0.25) is 0 Å². The average Bonchev–Trinajstić information content (AvgIpc) is 3.40. The van der Waals surface area contributed by atoms with Crippen molar-refractivity contribution in [1.29, 1.82) is 0 Å². The van der Waals surface area contributed by atoms with Crippen LogP contribution < -0.4 is 30.2 Å². The van der Waals surface area contributed by atoms with Crippen LogP contribution in [0.3, 0.4) is 0 Å². The summed E-state index contributed by atoms with van der Waals surface area (Å²) in [6.07, 6.45) is 9.13. The Morgan fingerprint density at radius 1 is 1.02 bits per heavy atom. The van der Waals surface area contributed by atoms with Crippen molar-refractivity contribution < 1.29 is 28.2 Å². The van der Waals surface area contributed by atoms with E-state index in [0.29, 0.717) is 40.7 Å². The molecule has 2 amide bonds. The van der Waals surface area contributed by atoms with E-state index in [4.69, 9.17) is 14.2 Å². The number of carbonyl (C=O) groups is 2. The number of halogens is 1. The molecular formula is C35H43FN4O5. The quantitative estimate of drug-likeness (QED) is 0.229. The van der Waals surface area contributed by atoms with Crippen molar-refractivity contribution >= 4 is 28.4 Å². The summed E-state index contributed by atoms with van der Waals surface area (Å²) in [6.45, 7) is 10.5. The van der Waals surface area contributed by atoms with Gasteiger partial charge >= 0.3 is 11.8 Å². The predicted molar refractivity (Wildman–Crippen MR) is 175 cm³/mol. The number of nitrogens with one attached hydrogen (secondary N) is 3. The third-order valence-corrected chi connectivity index (χ3v) is 7.86. The molecule has 5 rings (SSSR count). The smallest absolute Gasteiger partial charge is 0.313 e. The molecule has 0 radical (unpaired) electrons. The number of fused-ring (bicyclic) bond motifs is 1. The molecule has 0 saturated carbocycles. The number of carbonyl (C=O) groups excluding carboxylic acids is 2. The zero-order valence-electron chi connectivity index (χ0n) is 26.7. The van der Waals surface area contributed by atoms with Gasteiger partial charge in [-0.05, 0) is 88.4 Å². The van der Waals surface area contributed by atoms with Gasteiger partial charge in [0.1, 0.15) is 5.75 Å². The molecule has 9 nitrogen and oxygen atoms in total. The van der Waals surface area contributed by atoms with Crippen LogP contribution in [0, 0.1) is 11.7 Å². The number of amides is 2. The van der Waals surface area contributed by atoms with Crippen LogP contribution >= 0.6 is 0 Å². The standard InChI is InChI=1S/C33H37FN4O5.C2H6/c1-4-5-23-20(2)6-8-26(23)38-33(40)32(39)37-22-7-9-29(25(34)16-22)43-28-12-15-36-27-18-31(30(41-3)17-24(27)28)42-19-21-10-13-35-14-11-21;1-2/h4-5,7,9,12,15-18,21,26,35H,6,8,10-11,13-14,19H2,1-3H3,(H,37,39)(H,38,40);1-2H3/b5-4-;. The molecule has 1 unspecified atom stereocenters. The van der Waals surface area contributed by atoms with E-state index < -0.39 is 17.6 Å². The molecule has 2 aromatic carbocycles. The number of benzene rings is 2. The molecular weight excluding hydrogens is 575 g/mol. The van der Waals surface area contributed by atoms with Crippen molar-refractivity contribution in [3.05, 3.63) is 71.7 Å². The van der Waals surface area contributed by atoms with Crippen molar-refractivity contribution in [3.63, 3.8) is 0 Å². The summed E-state index contributed by atoms with van der Waals surface area (Å²) in [4.78, 5) is 29.6. The van der Waals surface area contributed by atoms with E-state index in [0.717, 1.165) is 50.4 Å². The van der Waals surface area contributed by atoms with Gasteiger partial charge < -0.3 is 30.2 Å². The van der Waals surface area contributed by atoms with E-state index in [2.05, 4.69) is 20.9 Å². The Labute approximate surface area is 264 Å². The molecule has 240 valence electrons. The molecule has 1 fully saturated rings. The van der Waals surface area contributed by atoms with Gasteiger partial charge in [0, 0.05) is 29.4 Å². The van der Waals surface area contributed by atoms with E-state index in [1.165, 1.54) is 17.7 Å². The van der Waals surface area contributed by atoms with Gasteiger partial charge in [-0.15, -0.1) is 0 Å². The number of rotatable bonds is 9. The first kappa shape index (κ1) is 33.5. The van der Waals surface area contributed by atoms with Crippen LogP contribution in [0.5, 0.6) is 23.0 Å². The number of hydrogen-bond acceptors (Lipinski definition) is 7. The molecule has 0 bridgehead atoms. The van der Waals surface area contributed by atoms with Gasteiger partial charge in [-0.25, -0.2) is 4.39 Å². The minimum absolute atomic E-state index is 0.0530. The van der Waals surface area contributed by atoms with Gasteiger partial charge in [-0.3, -0.25) is 14.6 Å². The SMILES string of the molecule is C/C=C\C1=C(C)CCC1NC(=O)C(=O)Nc1ccc(Oc2ccnc3cc(OCC4CCNCC4)c(OC)cc23)c(F)c1.CC. The fraction of sp³-hybridized carbons (Fsp3) is 0.400. The highest BCUT2D eigenvalue weighted by atomic mass is 19.1. The monoisotopic (exact) mass is 618 g/mol. The lowest BCUT2D eigenvalue weighted by Gasteiger charge is -2.23. The fourth-order valence-corrected chi connectivity index (χ4v) is 5.48. The molecule has 1 aliphatic carbocycles. The van der Waals surface area contributed by atoms with Gasteiger partial charge in [0.2, 0.25) is 0 Å². The highest BCUT2D eigenvalue weighted by Crippen LogP contribution is 2.38. The number of hydrogen-bond donors (Lipinski definition) is 3. The molecule has 1 aliphatic heterocycles. The van der Waals surface area contributed by atoms with Crippen molar-refractivity contribution in [2.24, 2.45) is 5.92 Å². The minimum atomic E-state index is -0.872. The Balaban J connectivity index is 0.00000226. The summed E-state index contributed by atoms with van der Waals surface area (Å²) in [5.41, 5.74) is 2.94. The molecule has 1 atom stereocenters. The zero-order chi connectivity index (χ0) is 32.3.